The van der Waals surface area contributed by atoms with Gasteiger partial charge in [0, 0.05) is 11.6 Å². The SMILES string of the molecule is Cc1nnc(N2N=C(c3cc(F)ccc3F)SC2(CCC2CCCN2)c2ccccc2)s1. The molecule has 0 amide bonds. The number of thioether (sulfide) groups is 1. The van der Waals surface area contributed by atoms with Crippen LogP contribution in [-0.4, -0.2) is 27.8 Å². The van der Waals surface area contributed by atoms with Gasteiger partial charge >= 0.3 is 0 Å². The van der Waals surface area contributed by atoms with Gasteiger partial charge in [-0.2, -0.15) is 5.10 Å². The Morgan fingerprint density at radius 2 is 2.00 bits per heavy atom. The Bertz CT molecular complexity index is 1130. The topological polar surface area (TPSA) is 53.4 Å². The molecule has 166 valence electrons. The van der Waals surface area contributed by atoms with Crippen LogP contribution in [0.1, 0.15) is 41.8 Å². The number of aromatic nitrogens is 2. The Morgan fingerprint density at radius 1 is 1.16 bits per heavy atom. The molecule has 2 unspecified atom stereocenters. The number of rotatable bonds is 6. The van der Waals surface area contributed by atoms with Gasteiger partial charge in [-0.15, -0.1) is 10.2 Å². The lowest BCUT2D eigenvalue weighted by molar-refractivity contribution is 0.457. The monoisotopic (exact) mass is 471 g/mol. The summed E-state index contributed by atoms with van der Waals surface area (Å²) in [6, 6.07) is 14.0. The fraction of sp³-hybridized carbons (Fsp3) is 0.348. The minimum absolute atomic E-state index is 0.165. The third kappa shape index (κ3) is 4.04. The summed E-state index contributed by atoms with van der Waals surface area (Å²) in [5.41, 5.74) is 1.21. The summed E-state index contributed by atoms with van der Waals surface area (Å²) < 4.78 is 28.7. The molecule has 1 fully saturated rings. The van der Waals surface area contributed by atoms with Crippen molar-refractivity contribution in [3.8, 4) is 0 Å². The van der Waals surface area contributed by atoms with Crippen molar-refractivity contribution < 1.29 is 8.78 Å². The van der Waals surface area contributed by atoms with Crippen molar-refractivity contribution in [1.29, 1.82) is 0 Å². The Labute approximate surface area is 193 Å². The summed E-state index contributed by atoms with van der Waals surface area (Å²) >= 11 is 2.91. The lowest BCUT2D eigenvalue weighted by atomic mass is 9.97. The summed E-state index contributed by atoms with van der Waals surface area (Å²) in [6.07, 6.45) is 4.01. The van der Waals surface area contributed by atoms with Crippen LogP contribution in [0, 0.1) is 18.6 Å². The van der Waals surface area contributed by atoms with Crippen molar-refractivity contribution in [1.82, 2.24) is 15.5 Å². The zero-order valence-electron chi connectivity index (χ0n) is 17.6. The highest BCUT2D eigenvalue weighted by Crippen LogP contribution is 2.53. The van der Waals surface area contributed by atoms with Gasteiger partial charge in [-0.3, -0.25) is 0 Å². The second kappa shape index (κ2) is 8.88. The van der Waals surface area contributed by atoms with E-state index >= 15 is 0 Å². The van der Waals surface area contributed by atoms with Crippen LogP contribution < -0.4 is 10.3 Å². The van der Waals surface area contributed by atoms with Gasteiger partial charge in [0.05, 0.1) is 0 Å². The molecule has 0 radical (unpaired) electrons. The number of halogens is 2. The molecular formula is C23H23F2N5S2. The van der Waals surface area contributed by atoms with E-state index in [1.165, 1.54) is 35.6 Å². The Hall–Kier alpha value is -2.36. The van der Waals surface area contributed by atoms with Crippen molar-refractivity contribution in [2.24, 2.45) is 5.10 Å². The van der Waals surface area contributed by atoms with Gasteiger partial charge in [-0.05, 0) is 62.9 Å². The van der Waals surface area contributed by atoms with Gasteiger partial charge in [-0.25, -0.2) is 13.8 Å². The lowest BCUT2D eigenvalue weighted by Crippen LogP contribution is -2.39. The Balaban J connectivity index is 1.61. The Kier molecular flexibility index (Phi) is 5.96. The fourth-order valence-corrected chi connectivity index (χ4v) is 6.45. The van der Waals surface area contributed by atoms with E-state index in [-0.39, 0.29) is 5.56 Å². The smallest absolute Gasteiger partial charge is 0.230 e. The lowest BCUT2D eigenvalue weighted by Gasteiger charge is -2.36. The van der Waals surface area contributed by atoms with E-state index < -0.39 is 16.5 Å². The van der Waals surface area contributed by atoms with Crippen molar-refractivity contribution in [3.05, 3.63) is 76.3 Å². The van der Waals surface area contributed by atoms with Gasteiger partial charge < -0.3 is 5.32 Å². The van der Waals surface area contributed by atoms with Gasteiger partial charge in [0.25, 0.3) is 0 Å². The van der Waals surface area contributed by atoms with E-state index in [1.807, 2.05) is 30.1 Å². The molecule has 0 spiro atoms. The molecule has 0 aliphatic carbocycles. The molecule has 2 aliphatic rings. The summed E-state index contributed by atoms with van der Waals surface area (Å²) in [6.45, 7) is 2.93. The van der Waals surface area contributed by atoms with E-state index in [0.29, 0.717) is 16.2 Å². The van der Waals surface area contributed by atoms with Crippen LogP contribution in [0.3, 0.4) is 0 Å². The van der Waals surface area contributed by atoms with Gasteiger partial charge in [0.1, 0.15) is 26.6 Å². The number of hydrogen-bond acceptors (Lipinski definition) is 7. The van der Waals surface area contributed by atoms with E-state index in [4.69, 9.17) is 5.10 Å². The summed E-state index contributed by atoms with van der Waals surface area (Å²) in [5.74, 6) is -0.984. The van der Waals surface area contributed by atoms with E-state index in [0.717, 1.165) is 48.5 Å². The number of nitrogens with one attached hydrogen (secondary N) is 1. The molecule has 9 heteroatoms. The van der Waals surface area contributed by atoms with Crippen molar-refractivity contribution in [2.45, 2.75) is 43.5 Å². The predicted molar refractivity (Wildman–Crippen MR) is 126 cm³/mol. The highest BCUT2D eigenvalue weighted by atomic mass is 32.2. The quantitative estimate of drug-likeness (QED) is 0.520. The second-order valence-electron chi connectivity index (χ2n) is 8.03. The molecule has 1 saturated heterocycles. The predicted octanol–water partition coefficient (Wildman–Crippen LogP) is 5.42. The van der Waals surface area contributed by atoms with E-state index in [1.54, 1.807) is 0 Å². The molecule has 0 bridgehead atoms. The molecule has 2 aliphatic heterocycles. The molecule has 3 aromatic rings. The number of aryl methyl sites for hydroxylation is 1. The zero-order chi connectivity index (χ0) is 22.1. The maximum Gasteiger partial charge on any atom is 0.230 e. The maximum atomic E-state index is 14.7. The maximum absolute atomic E-state index is 14.7. The molecule has 0 saturated carbocycles. The molecule has 5 rings (SSSR count). The van der Waals surface area contributed by atoms with Crippen LogP contribution in [0.15, 0.2) is 53.6 Å². The standard InChI is InChI=1S/C23H23F2N5S2/c1-15-27-28-22(31-15)30-23(16-6-3-2-4-7-16,12-11-18-8-5-13-26-18)32-21(29-30)19-14-17(24)9-10-20(19)25/h2-4,6-7,9-10,14,18,26H,5,8,11-13H2,1H3. The first-order valence-electron chi connectivity index (χ1n) is 10.7. The second-order valence-corrected chi connectivity index (χ2v) is 10.5. The number of hydrazone groups is 1. The number of benzene rings is 2. The molecule has 1 N–H and O–H groups in total. The number of anilines is 1. The van der Waals surface area contributed by atoms with E-state index in [9.17, 15) is 8.78 Å². The highest BCUT2D eigenvalue weighted by Gasteiger charge is 2.48. The zero-order valence-corrected chi connectivity index (χ0v) is 19.2. The fourth-order valence-electron chi connectivity index (χ4n) is 4.29. The minimum Gasteiger partial charge on any atom is -0.314 e. The molecule has 3 heterocycles. The average molecular weight is 472 g/mol. The first kappa shape index (κ1) is 21.5. The van der Waals surface area contributed by atoms with Crippen molar-refractivity contribution >= 4 is 33.3 Å². The van der Waals surface area contributed by atoms with Crippen LogP contribution in [0.5, 0.6) is 0 Å². The summed E-state index contributed by atoms with van der Waals surface area (Å²) in [7, 11) is 0. The third-order valence-corrected chi connectivity index (χ3v) is 8.13. The third-order valence-electron chi connectivity index (χ3n) is 5.87. The van der Waals surface area contributed by atoms with Crippen molar-refractivity contribution in [3.63, 3.8) is 0 Å². The molecular weight excluding hydrogens is 448 g/mol. The molecule has 2 aromatic carbocycles. The summed E-state index contributed by atoms with van der Waals surface area (Å²) in [5, 5.41) is 20.7. The average Bonchev–Trinajstić information content (AvgIpc) is 3.55. The normalized spacial score (nSPS) is 23.0. The summed E-state index contributed by atoms with van der Waals surface area (Å²) in [4.78, 5) is -0.633. The largest absolute Gasteiger partial charge is 0.314 e. The Morgan fingerprint density at radius 3 is 2.72 bits per heavy atom. The van der Waals surface area contributed by atoms with Crippen LogP contribution in [0.2, 0.25) is 0 Å². The molecule has 1 aromatic heterocycles. The number of nitrogens with zero attached hydrogens (tertiary/aromatic N) is 4. The molecule has 2 atom stereocenters. The van der Waals surface area contributed by atoms with Gasteiger partial charge in [0.15, 0.2) is 0 Å². The van der Waals surface area contributed by atoms with E-state index in [2.05, 4.69) is 27.6 Å². The minimum atomic E-state index is -0.633. The van der Waals surface area contributed by atoms with Gasteiger partial charge in [0.2, 0.25) is 5.13 Å². The van der Waals surface area contributed by atoms with Crippen LogP contribution in [0.4, 0.5) is 13.9 Å². The van der Waals surface area contributed by atoms with Crippen LogP contribution >= 0.6 is 23.1 Å². The first-order valence-corrected chi connectivity index (χ1v) is 12.3. The van der Waals surface area contributed by atoms with Crippen molar-refractivity contribution in [2.75, 3.05) is 11.6 Å². The van der Waals surface area contributed by atoms with Gasteiger partial charge in [-0.1, -0.05) is 53.4 Å². The van der Waals surface area contributed by atoms with Crippen LogP contribution in [-0.2, 0) is 4.87 Å². The molecule has 5 nitrogen and oxygen atoms in total. The van der Waals surface area contributed by atoms with Crippen LogP contribution in [0.25, 0.3) is 0 Å². The number of hydrogen-bond donors (Lipinski definition) is 1. The molecule has 32 heavy (non-hydrogen) atoms. The first-order chi connectivity index (χ1) is 15.5. The highest BCUT2D eigenvalue weighted by molar-refractivity contribution is 8.15.